The molecule has 16 nitrogen and oxygen atoms in total. The Morgan fingerprint density at radius 1 is 0.985 bits per heavy atom. The molecule has 1 saturated carbocycles. The molecule has 0 bridgehead atoms. The van der Waals surface area contributed by atoms with Gasteiger partial charge in [-0.1, -0.05) is 24.1 Å². The predicted octanol–water partition coefficient (Wildman–Crippen LogP) is 6.91. The number of aromatic amines is 1. The number of nitro benzene ring substituents is 1. The molecule has 4 fully saturated rings. The van der Waals surface area contributed by atoms with E-state index in [9.17, 15) is 23.3 Å². The molecule has 3 saturated heterocycles. The SMILES string of the molecule is C#Cc1ccccc1[C@@H]1CCCN1C1CC2(CCN(c3ccc(C(=O)NS(=O)(=O)c4ccc(NC[C@H]5COCCO5)c([N+](=O)[O-])c4)c(N4CCCOc5nc6[nH]ccc6cc54)c3)CC2)C1. The third kappa shape index (κ3) is 8.47. The second-order valence-electron chi connectivity index (χ2n) is 17.8. The summed E-state index contributed by atoms with van der Waals surface area (Å²) in [5.41, 5.74) is 5.02. The number of benzene rings is 3. The molecule has 65 heavy (non-hydrogen) atoms. The normalized spacial score (nSPS) is 21.2. The van der Waals surface area contributed by atoms with E-state index < -0.39 is 31.4 Å². The number of anilines is 4. The van der Waals surface area contributed by atoms with Gasteiger partial charge in [0.2, 0.25) is 5.88 Å². The van der Waals surface area contributed by atoms with Crippen LogP contribution < -0.4 is 24.6 Å². The fraction of sp³-hybridized carbons (Fsp3) is 0.417. The molecule has 0 radical (unpaired) electrons. The zero-order valence-electron chi connectivity index (χ0n) is 36.0. The summed E-state index contributed by atoms with van der Waals surface area (Å²) >= 11 is 0. The lowest BCUT2D eigenvalue weighted by Gasteiger charge is -2.56. The molecule has 10 rings (SSSR count). The third-order valence-corrected chi connectivity index (χ3v) is 15.3. The number of carbonyl (C=O) groups is 1. The molecule has 6 heterocycles. The number of H-pyrrole nitrogens is 1. The molecule has 2 atom stereocenters. The number of piperidine rings is 1. The van der Waals surface area contributed by atoms with Crippen molar-refractivity contribution >= 4 is 55.4 Å². The smallest absolute Gasteiger partial charge is 0.293 e. The molecule has 338 valence electrons. The quantitative estimate of drug-likeness (QED) is 0.0707. The number of carbonyl (C=O) groups excluding carboxylic acids is 1. The lowest BCUT2D eigenvalue weighted by Crippen LogP contribution is -2.54. The number of sulfonamides is 1. The van der Waals surface area contributed by atoms with Gasteiger partial charge < -0.3 is 34.3 Å². The molecule has 5 aliphatic rings. The minimum absolute atomic E-state index is 0.114. The number of likely N-dealkylation sites (tertiary alicyclic amines) is 1. The Kier molecular flexibility index (Phi) is 11.6. The lowest BCUT2D eigenvalue weighted by molar-refractivity contribution is -0.384. The maximum atomic E-state index is 14.4. The number of hydrogen-bond donors (Lipinski definition) is 3. The number of nitrogens with one attached hydrogen (secondary N) is 3. The van der Waals surface area contributed by atoms with Gasteiger partial charge in [-0.25, -0.2) is 13.1 Å². The van der Waals surface area contributed by atoms with Crippen molar-refractivity contribution in [3.8, 4) is 18.2 Å². The van der Waals surface area contributed by atoms with Crippen molar-refractivity contribution in [1.29, 1.82) is 0 Å². The van der Waals surface area contributed by atoms with Gasteiger partial charge in [0.1, 0.15) is 17.0 Å². The summed E-state index contributed by atoms with van der Waals surface area (Å²) < 4.78 is 47.2. The Labute approximate surface area is 377 Å². The molecular weight excluding hydrogens is 849 g/mol. The van der Waals surface area contributed by atoms with Crippen LogP contribution in [0.4, 0.5) is 28.4 Å². The topological polar surface area (TPSA) is 185 Å². The zero-order valence-corrected chi connectivity index (χ0v) is 36.9. The lowest BCUT2D eigenvalue weighted by atomic mass is 9.59. The van der Waals surface area contributed by atoms with Crippen molar-refractivity contribution < 1.29 is 32.3 Å². The van der Waals surface area contributed by atoms with Crippen molar-refractivity contribution in [1.82, 2.24) is 19.6 Å². The van der Waals surface area contributed by atoms with Gasteiger partial charge in [0.25, 0.3) is 21.6 Å². The van der Waals surface area contributed by atoms with Crippen LogP contribution in [-0.4, -0.2) is 105 Å². The van der Waals surface area contributed by atoms with E-state index >= 15 is 0 Å². The second kappa shape index (κ2) is 17.7. The molecule has 4 aliphatic heterocycles. The zero-order chi connectivity index (χ0) is 44.7. The van der Waals surface area contributed by atoms with Crippen molar-refractivity contribution in [2.45, 2.75) is 68.0 Å². The minimum atomic E-state index is -4.58. The maximum Gasteiger partial charge on any atom is 0.293 e. The number of rotatable bonds is 11. The van der Waals surface area contributed by atoms with Crippen LogP contribution in [-0.2, 0) is 19.5 Å². The number of amides is 1. The van der Waals surface area contributed by atoms with Gasteiger partial charge in [-0.3, -0.25) is 19.8 Å². The Hall–Kier alpha value is -6.19. The Morgan fingerprint density at radius 3 is 2.63 bits per heavy atom. The van der Waals surface area contributed by atoms with Crippen molar-refractivity contribution in [3.63, 3.8) is 0 Å². The van der Waals surface area contributed by atoms with Crippen LogP contribution in [0.5, 0.6) is 5.88 Å². The molecule has 5 aromatic rings. The fourth-order valence-electron chi connectivity index (χ4n) is 10.5. The number of hydrogen-bond acceptors (Lipinski definition) is 13. The van der Waals surface area contributed by atoms with E-state index in [0.29, 0.717) is 74.4 Å². The summed E-state index contributed by atoms with van der Waals surface area (Å²) in [4.78, 5) is 40.4. The largest absolute Gasteiger partial charge is 0.476 e. The first-order valence-electron chi connectivity index (χ1n) is 22.5. The van der Waals surface area contributed by atoms with E-state index in [4.69, 9.17) is 25.6 Å². The Bertz CT molecular complexity index is 2770. The Balaban J connectivity index is 0.899. The molecule has 3 N–H and O–H groups in total. The van der Waals surface area contributed by atoms with Gasteiger partial charge in [-0.2, -0.15) is 4.98 Å². The highest BCUT2D eigenvalue weighted by molar-refractivity contribution is 7.90. The molecule has 0 unspecified atom stereocenters. The van der Waals surface area contributed by atoms with E-state index in [1.54, 1.807) is 12.3 Å². The summed E-state index contributed by atoms with van der Waals surface area (Å²) in [5.74, 6) is 2.42. The molecule has 1 amide bonds. The molecular formula is C48H52N8O8S. The number of terminal acetylenes is 1. The Morgan fingerprint density at radius 2 is 1.83 bits per heavy atom. The standard InChI is InChI=1S/C48H52N8O8S/c1-2-32-7-3-4-8-38(32)41-9-5-18-54(41)35-28-48(29-35)15-20-53(21-16-48)34-10-12-39(42(26-34)55-19-6-22-64-47-44(55)25-33-14-17-49-45(33)51-47)46(57)52-65(60,61)37-11-13-40(43(27-37)56(58)59)50-30-36-31-62-23-24-63-36/h1,3-4,7-8,10-14,17,25-27,35-36,41,50H,5-6,9,15-16,18-24,28-31H2,(H,49,51)(H,52,57)/t36-,41-/m0/s1. The van der Waals surface area contributed by atoms with E-state index in [1.807, 2.05) is 41.3 Å². The van der Waals surface area contributed by atoms with E-state index in [-0.39, 0.29) is 29.3 Å². The summed E-state index contributed by atoms with van der Waals surface area (Å²) in [6.07, 6.45) is 14.7. The number of ether oxygens (including phenoxy) is 3. The van der Waals surface area contributed by atoms with Gasteiger partial charge >= 0.3 is 0 Å². The fourth-order valence-corrected chi connectivity index (χ4v) is 11.5. The molecule has 2 aromatic heterocycles. The summed E-state index contributed by atoms with van der Waals surface area (Å²) in [7, 11) is -4.58. The average molecular weight is 901 g/mol. The molecule has 3 aromatic carbocycles. The maximum absolute atomic E-state index is 14.4. The van der Waals surface area contributed by atoms with E-state index in [2.05, 4.69) is 42.9 Å². The van der Waals surface area contributed by atoms with Crippen LogP contribution in [0.3, 0.4) is 0 Å². The molecule has 1 aliphatic carbocycles. The first-order valence-corrected chi connectivity index (χ1v) is 23.9. The first kappa shape index (κ1) is 42.7. The van der Waals surface area contributed by atoms with Crippen LogP contribution in [0.25, 0.3) is 11.0 Å². The van der Waals surface area contributed by atoms with Gasteiger partial charge in [0, 0.05) is 67.2 Å². The van der Waals surface area contributed by atoms with Crippen LogP contribution >= 0.6 is 0 Å². The first-order chi connectivity index (χ1) is 31.6. The minimum Gasteiger partial charge on any atom is -0.476 e. The molecule has 17 heteroatoms. The van der Waals surface area contributed by atoms with Gasteiger partial charge in [0.15, 0.2) is 0 Å². The number of fused-ring (bicyclic) bond motifs is 2. The number of nitrogens with zero attached hydrogens (tertiary/aromatic N) is 5. The van der Waals surface area contributed by atoms with E-state index in [0.717, 1.165) is 74.4 Å². The van der Waals surface area contributed by atoms with Crippen molar-refractivity contribution in [3.05, 3.63) is 106 Å². The van der Waals surface area contributed by atoms with Gasteiger partial charge in [-0.05, 0) is 111 Å². The van der Waals surface area contributed by atoms with E-state index in [1.165, 1.54) is 24.1 Å². The predicted molar refractivity (Wildman–Crippen MR) is 246 cm³/mol. The highest BCUT2D eigenvalue weighted by Crippen LogP contribution is 2.54. The highest BCUT2D eigenvalue weighted by atomic mass is 32.2. The van der Waals surface area contributed by atoms with Gasteiger partial charge in [0.05, 0.1) is 53.6 Å². The van der Waals surface area contributed by atoms with Crippen LogP contribution in [0.2, 0.25) is 0 Å². The monoisotopic (exact) mass is 900 g/mol. The summed E-state index contributed by atoms with van der Waals surface area (Å²) in [5, 5.41) is 16.0. The molecule has 1 spiro atoms. The van der Waals surface area contributed by atoms with Crippen LogP contribution in [0, 0.1) is 27.9 Å². The second-order valence-corrected chi connectivity index (χ2v) is 19.5. The van der Waals surface area contributed by atoms with Crippen molar-refractivity contribution in [2.24, 2.45) is 5.41 Å². The summed E-state index contributed by atoms with van der Waals surface area (Å²) in [6.45, 7) is 5.06. The number of nitro groups is 1. The van der Waals surface area contributed by atoms with Crippen molar-refractivity contribution in [2.75, 3.05) is 74.3 Å². The average Bonchev–Trinajstić information content (AvgIpc) is 3.94. The number of aromatic nitrogens is 2. The number of pyridine rings is 1. The summed E-state index contributed by atoms with van der Waals surface area (Å²) in [6, 6.07) is 22.1. The highest BCUT2D eigenvalue weighted by Gasteiger charge is 2.50. The third-order valence-electron chi connectivity index (χ3n) is 13.9. The van der Waals surface area contributed by atoms with Gasteiger partial charge in [-0.15, -0.1) is 6.42 Å². The van der Waals surface area contributed by atoms with Crippen LogP contribution in [0.1, 0.15) is 72.5 Å². The van der Waals surface area contributed by atoms with Crippen LogP contribution in [0.15, 0.2) is 83.9 Å².